The summed E-state index contributed by atoms with van der Waals surface area (Å²) in [6, 6.07) is 5.62. The van der Waals surface area contributed by atoms with Crippen LogP contribution in [0.15, 0.2) is 18.2 Å². The molecule has 0 bridgehead atoms. The predicted molar refractivity (Wildman–Crippen MR) is 69.7 cm³/mol. The topological polar surface area (TPSA) is 50.7 Å². The van der Waals surface area contributed by atoms with Gasteiger partial charge in [-0.1, -0.05) is 6.07 Å². The highest BCUT2D eigenvalue weighted by atomic mass is 19.1. The molecule has 0 aromatic heterocycles. The molecule has 106 valence electrons. The Bertz CT molecular complexity index is 396. The summed E-state index contributed by atoms with van der Waals surface area (Å²) in [6.45, 7) is 1.57. The molecule has 0 unspecified atom stereocenters. The Hall–Kier alpha value is -1.17. The van der Waals surface area contributed by atoms with Gasteiger partial charge in [-0.25, -0.2) is 4.39 Å². The summed E-state index contributed by atoms with van der Waals surface area (Å²) >= 11 is 0. The number of benzene rings is 1. The van der Waals surface area contributed by atoms with Gasteiger partial charge in [0, 0.05) is 12.6 Å². The van der Waals surface area contributed by atoms with E-state index in [1.54, 1.807) is 6.07 Å². The molecular formula is C14H20FNO3. The molecule has 2 rings (SSSR count). The number of aliphatic hydroxyl groups is 1. The van der Waals surface area contributed by atoms with Gasteiger partial charge in [-0.3, -0.25) is 0 Å². The molecule has 4 nitrogen and oxygen atoms in total. The zero-order valence-electron chi connectivity index (χ0n) is 10.9. The molecule has 0 spiro atoms. The lowest BCUT2D eigenvalue weighted by Gasteiger charge is -2.09. The van der Waals surface area contributed by atoms with Crippen molar-refractivity contribution in [3.63, 3.8) is 0 Å². The normalized spacial score (nSPS) is 14.6. The molecule has 1 aromatic rings. The fraction of sp³-hybridized carbons (Fsp3) is 0.571. The fourth-order valence-electron chi connectivity index (χ4n) is 1.70. The first-order chi connectivity index (χ1) is 9.29. The van der Waals surface area contributed by atoms with Gasteiger partial charge >= 0.3 is 0 Å². The fourth-order valence-corrected chi connectivity index (χ4v) is 1.70. The van der Waals surface area contributed by atoms with E-state index in [2.05, 4.69) is 5.32 Å². The van der Waals surface area contributed by atoms with Crippen LogP contribution in [0.25, 0.3) is 0 Å². The SMILES string of the molecule is OCCOCCOc1ccc(CNC2CC2)cc1F. The van der Waals surface area contributed by atoms with Crippen molar-refractivity contribution >= 4 is 0 Å². The van der Waals surface area contributed by atoms with Crippen LogP contribution in [0.1, 0.15) is 18.4 Å². The lowest BCUT2D eigenvalue weighted by Crippen LogP contribution is -2.15. The molecule has 2 N–H and O–H groups in total. The summed E-state index contributed by atoms with van der Waals surface area (Å²) in [5.74, 6) is -0.111. The summed E-state index contributed by atoms with van der Waals surface area (Å²) in [4.78, 5) is 0. The molecule has 1 aliphatic carbocycles. The summed E-state index contributed by atoms with van der Waals surface area (Å²) < 4.78 is 24.0. The van der Waals surface area contributed by atoms with E-state index in [9.17, 15) is 4.39 Å². The average Bonchev–Trinajstić information content (AvgIpc) is 3.22. The minimum Gasteiger partial charge on any atom is -0.488 e. The van der Waals surface area contributed by atoms with E-state index in [0.717, 1.165) is 5.56 Å². The number of aliphatic hydroxyl groups excluding tert-OH is 1. The van der Waals surface area contributed by atoms with E-state index in [1.807, 2.05) is 6.07 Å². The zero-order chi connectivity index (χ0) is 13.5. The van der Waals surface area contributed by atoms with E-state index >= 15 is 0 Å². The molecule has 0 aliphatic heterocycles. The van der Waals surface area contributed by atoms with Gasteiger partial charge in [0.1, 0.15) is 6.61 Å². The summed E-state index contributed by atoms with van der Waals surface area (Å²) in [7, 11) is 0. The Morgan fingerprint density at radius 1 is 1.26 bits per heavy atom. The van der Waals surface area contributed by atoms with Crippen molar-refractivity contribution in [3.05, 3.63) is 29.6 Å². The van der Waals surface area contributed by atoms with Crippen LogP contribution < -0.4 is 10.1 Å². The summed E-state index contributed by atoms with van der Waals surface area (Å²) in [6.07, 6.45) is 2.44. The van der Waals surface area contributed by atoms with Gasteiger partial charge in [0.15, 0.2) is 11.6 Å². The Morgan fingerprint density at radius 2 is 2.11 bits per heavy atom. The van der Waals surface area contributed by atoms with Crippen LogP contribution in [0.5, 0.6) is 5.75 Å². The van der Waals surface area contributed by atoms with E-state index in [0.29, 0.717) is 19.2 Å². The Balaban J connectivity index is 1.73. The number of hydrogen-bond acceptors (Lipinski definition) is 4. The van der Waals surface area contributed by atoms with E-state index < -0.39 is 0 Å². The van der Waals surface area contributed by atoms with Crippen molar-refractivity contribution in [2.45, 2.75) is 25.4 Å². The van der Waals surface area contributed by atoms with Crippen LogP contribution in [0, 0.1) is 5.82 Å². The third-order valence-electron chi connectivity index (χ3n) is 2.89. The molecular weight excluding hydrogens is 249 g/mol. The number of hydrogen-bond donors (Lipinski definition) is 2. The van der Waals surface area contributed by atoms with Gasteiger partial charge in [0.05, 0.1) is 19.8 Å². The van der Waals surface area contributed by atoms with E-state index in [1.165, 1.54) is 18.9 Å². The Kier molecular flexibility index (Phi) is 5.57. The third kappa shape index (κ3) is 5.14. The van der Waals surface area contributed by atoms with Gasteiger partial charge in [-0.2, -0.15) is 0 Å². The number of rotatable bonds is 9. The van der Waals surface area contributed by atoms with E-state index in [-0.39, 0.29) is 31.4 Å². The predicted octanol–water partition coefficient (Wildman–Crippen LogP) is 1.47. The van der Waals surface area contributed by atoms with Crippen LogP contribution in [-0.4, -0.2) is 37.6 Å². The maximum Gasteiger partial charge on any atom is 0.165 e. The van der Waals surface area contributed by atoms with Crippen molar-refractivity contribution in [3.8, 4) is 5.75 Å². The quantitative estimate of drug-likeness (QED) is 0.667. The maximum atomic E-state index is 13.7. The molecule has 1 aliphatic rings. The maximum absolute atomic E-state index is 13.7. The standard InChI is InChI=1S/C14H20FNO3/c15-13-9-11(10-16-12-2-3-12)1-4-14(13)19-8-7-18-6-5-17/h1,4,9,12,16-17H,2-3,5-8,10H2. The lowest BCUT2D eigenvalue weighted by molar-refractivity contribution is 0.0696. The van der Waals surface area contributed by atoms with Gasteiger partial charge in [0.25, 0.3) is 0 Å². The minimum absolute atomic E-state index is 0.0168. The summed E-state index contributed by atoms with van der Waals surface area (Å²) in [5.41, 5.74) is 0.924. The molecule has 5 heteroatoms. The zero-order valence-corrected chi connectivity index (χ0v) is 10.9. The van der Waals surface area contributed by atoms with Crippen molar-refractivity contribution in [2.24, 2.45) is 0 Å². The first-order valence-corrected chi connectivity index (χ1v) is 6.63. The highest BCUT2D eigenvalue weighted by molar-refractivity contribution is 5.29. The van der Waals surface area contributed by atoms with Gasteiger partial charge in [-0.15, -0.1) is 0 Å². The van der Waals surface area contributed by atoms with Crippen molar-refractivity contribution in [1.82, 2.24) is 5.32 Å². The highest BCUT2D eigenvalue weighted by Crippen LogP contribution is 2.21. The van der Waals surface area contributed by atoms with Crippen LogP contribution in [-0.2, 0) is 11.3 Å². The second-order valence-corrected chi connectivity index (χ2v) is 4.60. The monoisotopic (exact) mass is 269 g/mol. The molecule has 0 heterocycles. The van der Waals surface area contributed by atoms with Crippen LogP contribution in [0.4, 0.5) is 4.39 Å². The molecule has 0 radical (unpaired) electrons. The highest BCUT2D eigenvalue weighted by Gasteiger charge is 2.20. The molecule has 0 amide bonds. The van der Waals surface area contributed by atoms with E-state index in [4.69, 9.17) is 14.6 Å². The number of halogens is 1. The lowest BCUT2D eigenvalue weighted by atomic mass is 10.2. The van der Waals surface area contributed by atoms with Crippen LogP contribution >= 0.6 is 0 Å². The Morgan fingerprint density at radius 3 is 2.79 bits per heavy atom. The first-order valence-electron chi connectivity index (χ1n) is 6.63. The van der Waals surface area contributed by atoms with Crippen molar-refractivity contribution < 1.29 is 19.0 Å². The first kappa shape index (κ1) is 14.2. The van der Waals surface area contributed by atoms with Gasteiger partial charge in [0.2, 0.25) is 0 Å². The second-order valence-electron chi connectivity index (χ2n) is 4.60. The van der Waals surface area contributed by atoms with Gasteiger partial charge < -0.3 is 19.9 Å². The molecule has 19 heavy (non-hydrogen) atoms. The van der Waals surface area contributed by atoms with Gasteiger partial charge in [-0.05, 0) is 30.5 Å². The largest absolute Gasteiger partial charge is 0.488 e. The second kappa shape index (κ2) is 7.43. The molecule has 0 atom stereocenters. The van der Waals surface area contributed by atoms with Crippen molar-refractivity contribution in [1.29, 1.82) is 0 Å². The Labute approximate surface area is 112 Å². The molecule has 0 saturated heterocycles. The molecule has 1 aromatic carbocycles. The smallest absolute Gasteiger partial charge is 0.165 e. The molecule has 1 saturated carbocycles. The molecule has 1 fully saturated rings. The minimum atomic E-state index is -0.350. The van der Waals surface area contributed by atoms with Crippen molar-refractivity contribution in [2.75, 3.05) is 26.4 Å². The third-order valence-corrected chi connectivity index (χ3v) is 2.89. The van der Waals surface area contributed by atoms with Crippen LogP contribution in [0.3, 0.4) is 0 Å². The number of ether oxygens (including phenoxy) is 2. The summed E-state index contributed by atoms with van der Waals surface area (Å²) in [5, 5.41) is 11.9. The van der Waals surface area contributed by atoms with Crippen LogP contribution in [0.2, 0.25) is 0 Å². The average molecular weight is 269 g/mol. The number of nitrogens with one attached hydrogen (secondary N) is 1.